The molecule has 0 bridgehead atoms. The molecule has 0 aliphatic rings. The highest BCUT2D eigenvalue weighted by Gasteiger charge is 2.41. The van der Waals surface area contributed by atoms with Gasteiger partial charge >= 0.3 is 0 Å². The van der Waals surface area contributed by atoms with Crippen molar-refractivity contribution >= 4 is 74.9 Å². The van der Waals surface area contributed by atoms with Gasteiger partial charge in [0.1, 0.15) is 17.3 Å². The van der Waals surface area contributed by atoms with Gasteiger partial charge in [-0.2, -0.15) is 0 Å². The van der Waals surface area contributed by atoms with E-state index < -0.39 is 16.1 Å². The standard InChI is InChI=1S/C67H58N4OSi2/c1-67(2,3)49-41-42-68-65(44-49)71-60-35-17-16-33-58(60)59-40-39-52(46-63(59)71)72-51-25-21-24-50(45-51)69-47-70(62-37-19-18-36-61(62)69)66-57(34-22-38-64(66)73(4,5)6)48-23-20-32-56(43-48)74(53-26-10-7-11-27-53,54-28-12-8-13-29-54)55-30-14-9-15-31-55/h7-46H,1-6H3. The zero-order valence-corrected chi connectivity index (χ0v) is 44.8. The van der Waals surface area contributed by atoms with E-state index in [9.17, 15) is 0 Å². The average Bonchev–Trinajstić information content (AvgIpc) is 3.98. The highest BCUT2D eigenvalue weighted by Crippen LogP contribution is 2.37. The van der Waals surface area contributed by atoms with E-state index in [0.29, 0.717) is 0 Å². The van der Waals surface area contributed by atoms with E-state index in [-0.39, 0.29) is 5.41 Å². The van der Waals surface area contributed by atoms with Gasteiger partial charge in [0.25, 0.3) is 6.33 Å². The molecule has 3 aromatic heterocycles. The molecule has 0 aliphatic heterocycles. The lowest BCUT2D eigenvalue weighted by molar-refractivity contribution is -0.570. The van der Waals surface area contributed by atoms with Gasteiger partial charge in [0.15, 0.2) is 8.07 Å². The number of imidazole rings is 1. The summed E-state index contributed by atoms with van der Waals surface area (Å²) in [4.78, 5) is 4.91. The molecule has 12 aromatic rings. The molecule has 0 fully saturated rings. The van der Waals surface area contributed by atoms with Crippen LogP contribution in [-0.2, 0) is 5.41 Å². The van der Waals surface area contributed by atoms with Crippen molar-refractivity contribution in [1.29, 1.82) is 0 Å². The van der Waals surface area contributed by atoms with E-state index in [1.165, 1.54) is 53.7 Å². The van der Waals surface area contributed by atoms with Crippen molar-refractivity contribution in [2.75, 3.05) is 0 Å². The molecule has 0 unspecified atom stereocenters. The number of para-hydroxylation sites is 4. The van der Waals surface area contributed by atoms with Crippen molar-refractivity contribution in [2.45, 2.75) is 45.8 Å². The maximum atomic E-state index is 6.83. The number of rotatable bonds is 11. The van der Waals surface area contributed by atoms with Gasteiger partial charge in [-0.25, -0.2) is 4.98 Å². The second-order valence-electron chi connectivity index (χ2n) is 21.4. The summed E-state index contributed by atoms with van der Waals surface area (Å²) in [6.45, 7) is 14.1. The minimum Gasteiger partial charge on any atom is -0.458 e. The van der Waals surface area contributed by atoms with Crippen LogP contribution in [0.15, 0.2) is 243 Å². The molecule has 12 rings (SSSR count). The third-order valence-corrected chi connectivity index (χ3v) is 21.5. The van der Waals surface area contributed by atoms with Crippen LogP contribution in [0.5, 0.6) is 11.5 Å². The van der Waals surface area contributed by atoms with Crippen molar-refractivity contribution in [3.63, 3.8) is 0 Å². The Hall–Kier alpha value is -8.37. The normalized spacial score (nSPS) is 12.2. The Morgan fingerprint density at radius 1 is 0.500 bits per heavy atom. The molecule has 7 heteroatoms. The summed E-state index contributed by atoms with van der Waals surface area (Å²) < 4.78 is 13.6. The third kappa shape index (κ3) is 8.19. The molecule has 0 aliphatic carbocycles. The van der Waals surface area contributed by atoms with Gasteiger partial charge in [-0.1, -0.05) is 222 Å². The molecule has 0 saturated heterocycles. The summed E-state index contributed by atoms with van der Waals surface area (Å²) in [5, 5.41) is 9.09. The van der Waals surface area contributed by atoms with E-state index in [0.717, 1.165) is 50.5 Å². The molecule has 74 heavy (non-hydrogen) atoms. The maximum Gasteiger partial charge on any atom is 0.269 e. The Morgan fingerprint density at radius 2 is 1.09 bits per heavy atom. The van der Waals surface area contributed by atoms with Gasteiger partial charge in [-0.3, -0.25) is 13.7 Å². The molecule has 0 spiro atoms. The van der Waals surface area contributed by atoms with E-state index in [1.54, 1.807) is 0 Å². The fourth-order valence-electron chi connectivity index (χ4n) is 11.1. The van der Waals surface area contributed by atoms with Crippen LogP contribution in [0, 0.1) is 6.33 Å². The molecule has 0 amide bonds. The molecule has 9 aromatic carbocycles. The SMILES string of the molecule is CC(C)(C)c1ccnc(-n2c3ccccc3c3ccc(Oc4cccc(-n5[c-][n+](-c6c(-c7cccc([Si](c8ccccc8)(c8ccccc8)c8ccccc8)c7)cccc6[Si](C)(C)C)c6ccccc65)c4)cc32)c1. The fourth-order valence-corrected chi connectivity index (χ4v) is 17.5. The van der Waals surface area contributed by atoms with Crippen molar-refractivity contribution in [3.05, 3.63) is 255 Å². The predicted molar refractivity (Wildman–Crippen MR) is 313 cm³/mol. The smallest absolute Gasteiger partial charge is 0.269 e. The lowest BCUT2D eigenvalue weighted by atomic mass is 9.88. The monoisotopic (exact) mass is 990 g/mol. The summed E-state index contributed by atoms with van der Waals surface area (Å²) in [7, 11) is -4.78. The zero-order chi connectivity index (χ0) is 50.6. The number of fused-ring (bicyclic) bond motifs is 4. The number of aromatic nitrogens is 4. The quantitative estimate of drug-likeness (QED) is 0.0560. The van der Waals surface area contributed by atoms with Crippen LogP contribution in [0.3, 0.4) is 0 Å². The Labute approximate surface area is 436 Å². The van der Waals surface area contributed by atoms with E-state index in [1.807, 2.05) is 12.3 Å². The van der Waals surface area contributed by atoms with Crippen molar-refractivity contribution in [3.8, 4) is 39.8 Å². The second-order valence-corrected chi connectivity index (χ2v) is 30.3. The number of ether oxygens (including phenoxy) is 1. The fraction of sp³-hybridized carbons (Fsp3) is 0.104. The number of hydrogen-bond donors (Lipinski definition) is 0. The van der Waals surface area contributed by atoms with E-state index in [4.69, 9.17) is 9.72 Å². The maximum absolute atomic E-state index is 6.83. The zero-order valence-electron chi connectivity index (χ0n) is 42.8. The molecule has 3 heterocycles. The first-order valence-electron chi connectivity index (χ1n) is 25.6. The molecule has 0 N–H and O–H groups in total. The van der Waals surface area contributed by atoms with E-state index >= 15 is 0 Å². The van der Waals surface area contributed by atoms with Gasteiger partial charge in [0.2, 0.25) is 0 Å². The lowest BCUT2D eigenvalue weighted by Crippen LogP contribution is -2.74. The topological polar surface area (TPSA) is 35.9 Å². The first-order valence-corrected chi connectivity index (χ1v) is 31.1. The highest BCUT2D eigenvalue weighted by atomic mass is 28.3. The Balaban J connectivity index is 0.984. The average molecular weight is 991 g/mol. The summed E-state index contributed by atoms with van der Waals surface area (Å²) in [5.74, 6) is 2.37. The molecule has 0 atom stereocenters. The van der Waals surface area contributed by atoms with E-state index in [2.05, 4.69) is 291 Å². The van der Waals surface area contributed by atoms with Crippen LogP contribution in [0.25, 0.3) is 61.2 Å². The summed E-state index contributed by atoms with van der Waals surface area (Å²) in [6.07, 6.45) is 5.86. The van der Waals surface area contributed by atoms with Crippen molar-refractivity contribution < 1.29 is 9.30 Å². The number of benzene rings is 9. The van der Waals surface area contributed by atoms with Crippen LogP contribution < -0.4 is 35.2 Å². The minimum atomic E-state index is -2.80. The predicted octanol–water partition coefficient (Wildman–Crippen LogP) is 12.9. The van der Waals surface area contributed by atoms with Gasteiger partial charge in [0.05, 0.1) is 41.5 Å². The number of pyridine rings is 1. The first-order chi connectivity index (χ1) is 36.0. The van der Waals surface area contributed by atoms with Crippen LogP contribution >= 0.6 is 0 Å². The first kappa shape index (κ1) is 46.7. The lowest BCUT2D eigenvalue weighted by Gasteiger charge is -2.35. The minimum absolute atomic E-state index is 0.0210. The molecule has 0 saturated carbocycles. The number of hydrogen-bond acceptors (Lipinski definition) is 2. The van der Waals surface area contributed by atoms with Crippen molar-refractivity contribution in [2.24, 2.45) is 0 Å². The second kappa shape index (κ2) is 18.6. The van der Waals surface area contributed by atoms with Crippen molar-refractivity contribution in [1.82, 2.24) is 14.1 Å². The van der Waals surface area contributed by atoms with Crippen LogP contribution in [0.2, 0.25) is 19.6 Å². The van der Waals surface area contributed by atoms with Crippen LogP contribution in [0.4, 0.5) is 0 Å². The molecule has 360 valence electrons. The molecular formula is C67H58N4OSi2. The Morgan fingerprint density at radius 3 is 1.78 bits per heavy atom. The van der Waals surface area contributed by atoms with Gasteiger partial charge in [-0.05, 0) is 96.6 Å². The summed E-state index contributed by atoms with van der Waals surface area (Å²) in [5.41, 5.74) is 9.97. The Bertz CT molecular complexity index is 3920. The van der Waals surface area contributed by atoms with Crippen LogP contribution in [-0.4, -0.2) is 30.3 Å². The molecule has 0 radical (unpaired) electrons. The Kier molecular flexibility index (Phi) is 11.7. The largest absolute Gasteiger partial charge is 0.458 e. The summed E-state index contributed by atoms with van der Waals surface area (Å²) in [6, 6.07) is 86.2. The van der Waals surface area contributed by atoms with Crippen LogP contribution in [0.1, 0.15) is 26.3 Å². The summed E-state index contributed by atoms with van der Waals surface area (Å²) >= 11 is 0. The molecule has 5 nitrogen and oxygen atoms in total. The molecular weight excluding hydrogens is 933 g/mol. The third-order valence-electron chi connectivity index (χ3n) is 14.7. The highest BCUT2D eigenvalue weighted by molar-refractivity contribution is 7.20. The van der Waals surface area contributed by atoms with Gasteiger partial charge < -0.3 is 4.74 Å². The van der Waals surface area contributed by atoms with Gasteiger partial charge in [0, 0.05) is 23.0 Å². The van der Waals surface area contributed by atoms with Gasteiger partial charge in [-0.15, -0.1) is 0 Å². The number of nitrogens with zero attached hydrogens (tertiary/aromatic N) is 4.